The molecule has 0 amide bonds. The van der Waals surface area contributed by atoms with Gasteiger partial charge in [-0.3, -0.25) is 4.99 Å². The van der Waals surface area contributed by atoms with Gasteiger partial charge in [-0.25, -0.2) is 0 Å². The molecule has 2 atom stereocenters. The van der Waals surface area contributed by atoms with Crippen LogP contribution in [0, 0.1) is 0 Å². The Hall–Kier alpha value is -2.44. The van der Waals surface area contributed by atoms with Crippen LogP contribution in [-0.4, -0.2) is 18.4 Å². The lowest BCUT2D eigenvalue weighted by Gasteiger charge is -2.32. The van der Waals surface area contributed by atoms with E-state index in [1.807, 2.05) is 31.5 Å². The van der Waals surface area contributed by atoms with Crippen LogP contribution in [0.2, 0.25) is 0 Å². The summed E-state index contributed by atoms with van der Waals surface area (Å²) in [5, 5.41) is 12.0. The van der Waals surface area contributed by atoms with Crippen molar-refractivity contribution in [2.75, 3.05) is 7.05 Å². The van der Waals surface area contributed by atoms with E-state index in [1.165, 1.54) is 16.4 Å². The molecule has 0 saturated heterocycles. The number of rotatable bonds is 8. The summed E-state index contributed by atoms with van der Waals surface area (Å²) >= 11 is 0. The molecule has 0 radical (unpaired) electrons. The van der Waals surface area contributed by atoms with Gasteiger partial charge in [0.05, 0.1) is 0 Å². The van der Waals surface area contributed by atoms with Crippen LogP contribution in [0.4, 0.5) is 0 Å². The third-order valence-electron chi connectivity index (χ3n) is 5.30. The molecule has 0 aliphatic heterocycles. The summed E-state index contributed by atoms with van der Waals surface area (Å²) < 4.78 is 0. The highest BCUT2D eigenvalue weighted by molar-refractivity contribution is 7.48. The van der Waals surface area contributed by atoms with Gasteiger partial charge in [0.15, 0.2) is 0 Å². The Morgan fingerprint density at radius 2 is 1.69 bits per heavy atom. The van der Waals surface area contributed by atoms with Crippen molar-refractivity contribution in [3.63, 3.8) is 0 Å². The number of hydrogen-bond donors (Lipinski definition) is 1. The van der Waals surface area contributed by atoms with E-state index in [4.69, 9.17) is 0 Å². The van der Waals surface area contributed by atoms with Crippen molar-refractivity contribution < 1.29 is 5.11 Å². The van der Waals surface area contributed by atoms with Crippen LogP contribution in [0.25, 0.3) is 0 Å². The van der Waals surface area contributed by atoms with E-state index in [9.17, 15) is 5.11 Å². The fourth-order valence-corrected chi connectivity index (χ4v) is 5.67. The van der Waals surface area contributed by atoms with Crippen LogP contribution in [-0.2, 0) is 11.6 Å². The van der Waals surface area contributed by atoms with Gasteiger partial charge in [0, 0.05) is 24.0 Å². The molecule has 0 spiro atoms. The molecule has 3 heteroatoms. The summed E-state index contributed by atoms with van der Waals surface area (Å²) in [4.78, 5) is 4.22. The van der Waals surface area contributed by atoms with Crippen molar-refractivity contribution in [3.8, 4) is 5.75 Å². The number of aliphatic imine (C=N–C) groups is 1. The summed E-state index contributed by atoms with van der Waals surface area (Å²) in [6, 6.07) is 25.1. The first-order valence-electron chi connectivity index (χ1n) is 10.2. The second kappa shape index (κ2) is 9.85. The monoisotopic (exact) mass is 403 g/mol. The zero-order chi connectivity index (χ0) is 20.7. The first kappa shape index (κ1) is 21.3. The van der Waals surface area contributed by atoms with Gasteiger partial charge in [-0.15, -0.1) is 0 Å². The SMILES string of the molecule is CCCC(C)(Pc1ccccc1C=NC)c1cc(Cc2ccccc2)ccc1O. The first-order valence-corrected chi connectivity index (χ1v) is 11.2. The molecule has 0 saturated carbocycles. The lowest BCUT2D eigenvalue weighted by atomic mass is 9.91. The fourth-order valence-electron chi connectivity index (χ4n) is 3.89. The van der Waals surface area contributed by atoms with Gasteiger partial charge in [0.1, 0.15) is 5.75 Å². The van der Waals surface area contributed by atoms with Gasteiger partial charge in [0.2, 0.25) is 0 Å². The summed E-state index contributed by atoms with van der Waals surface area (Å²) in [5.74, 6) is 0.395. The zero-order valence-electron chi connectivity index (χ0n) is 17.5. The molecule has 2 nitrogen and oxygen atoms in total. The maximum absolute atomic E-state index is 10.8. The number of phenolic OH excluding ortho intramolecular Hbond substituents is 1. The molecule has 0 bridgehead atoms. The number of benzene rings is 3. The topological polar surface area (TPSA) is 32.6 Å². The number of nitrogens with zero attached hydrogens (tertiary/aromatic N) is 1. The molecular formula is C26H30NOP. The Kier molecular flexibility index (Phi) is 7.23. The van der Waals surface area contributed by atoms with Crippen LogP contribution < -0.4 is 5.30 Å². The molecule has 150 valence electrons. The first-order chi connectivity index (χ1) is 14.1. The Bertz CT molecular complexity index is 967. The molecular weight excluding hydrogens is 373 g/mol. The van der Waals surface area contributed by atoms with E-state index < -0.39 is 0 Å². The zero-order valence-corrected chi connectivity index (χ0v) is 18.5. The summed E-state index contributed by atoms with van der Waals surface area (Å²) in [7, 11) is 2.36. The molecule has 0 aromatic heterocycles. The fraction of sp³-hybridized carbons (Fsp3) is 0.269. The van der Waals surface area contributed by atoms with Crippen molar-refractivity contribution in [1.29, 1.82) is 0 Å². The Morgan fingerprint density at radius 1 is 0.966 bits per heavy atom. The van der Waals surface area contributed by atoms with E-state index in [0.29, 0.717) is 14.3 Å². The number of aromatic hydroxyl groups is 1. The highest BCUT2D eigenvalue weighted by Crippen LogP contribution is 2.48. The van der Waals surface area contributed by atoms with Gasteiger partial charge in [0.25, 0.3) is 0 Å². The largest absolute Gasteiger partial charge is 0.508 e. The van der Waals surface area contributed by atoms with Crippen LogP contribution in [0.5, 0.6) is 5.75 Å². The molecule has 3 aromatic rings. The third kappa shape index (κ3) is 5.34. The minimum Gasteiger partial charge on any atom is -0.508 e. The third-order valence-corrected chi connectivity index (χ3v) is 7.09. The molecule has 3 aromatic carbocycles. The van der Waals surface area contributed by atoms with Crippen LogP contribution in [0.3, 0.4) is 0 Å². The van der Waals surface area contributed by atoms with E-state index in [2.05, 4.69) is 73.4 Å². The standard InChI is InChI=1S/C26H30NOP/c1-4-16-26(2,29-25-13-9-8-12-22(25)19-27-3)23-18-21(14-15-24(23)28)17-20-10-6-5-7-11-20/h5-15,18-19,28-29H,4,16-17H2,1-3H3. The summed E-state index contributed by atoms with van der Waals surface area (Å²) in [6.07, 6.45) is 4.89. The van der Waals surface area contributed by atoms with Gasteiger partial charge in [-0.1, -0.05) is 95.6 Å². The van der Waals surface area contributed by atoms with Gasteiger partial charge in [-0.05, 0) is 40.9 Å². The minimum absolute atomic E-state index is 0.122. The van der Waals surface area contributed by atoms with Gasteiger partial charge in [-0.2, -0.15) is 0 Å². The Morgan fingerprint density at radius 3 is 2.41 bits per heavy atom. The predicted octanol–water partition coefficient (Wildman–Crippen LogP) is 6.05. The lowest BCUT2D eigenvalue weighted by Crippen LogP contribution is -2.21. The minimum atomic E-state index is -0.122. The molecule has 29 heavy (non-hydrogen) atoms. The lowest BCUT2D eigenvalue weighted by molar-refractivity contribution is 0.453. The molecule has 0 aliphatic rings. The molecule has 1 N–H and O–H groups in total. The molecule has 0 heterocycles. The smallest absolute Gasteiger partial charge is 0.119 e. The maximum Gasteiger partial charge on any atom is 0.119 e. The van der Waals surface area contributed by atoms with E-state index in [0.717, 1.165) is 30.4 Å². The maximum atomic E-state index is 10.8. The second-order valence-corrected chi connectivity index (χ2v) is 9.59. The van der Waals surface area contributed by atoms with E-state index in [-0.39, 0.29) is 5.16 Å². The number of hydrogen-bond acceptors (Lipinski definition) is 2. The summed E-state index contributed by atoms with van der Waals surface area (Å²) in [6.45, 7) is 4.50. The predicted molar refractivity (Wildman–Crippen MR) is 128 cm³/mol. The highest BCUT2D eigenvalue weighted by Gasteiger charge is 2.30. The molecule has 2 unspecified atom stereocenters. The average molecular weight is 404 g/mol. The Balaban J connectivity index is 1.98. The highest BCUT2D eigenvalue weighted by atomic mass is 31.1. The Labute approximate surface area is 176 Å². The summed E-state index contributed by atoms with van der Waals surface area (Å²) in [5.41, 5.74) is 4.73. The van der Waals surface area contributed by atoms with Crippen LogP contribution >= 0.6 is 8.58 Å². The van der Waals surface area contributed by atoms with Gasteiger partial charge < -0.3 is 5.11 Å². The second-order valence-electron chi connectivity index (χ2n) is 7.70. The molecule has 0 aliphatic carbocycles. The number of phenols is 1. The average Bonchev–Trinajstić information content (AvgIpc) is 2.72. The van der Waals surface area contributed by atoms with Crippen molar-refractivity contribution in [1.82, 2.24) is 0 Å². The van der Waals surface area contributed by atoms with Crippen molar-refractivity contribution >= 4 is 20.1 Å². The van der Waals surface area contributed by atoms with Gasteiger partial charge >= 0.3 is 0 Å². The molecule has 0 fully saturated rings. The van der Waals surface area contributed by atoms with Crippen molar-refractivity contribution in [2.45, 2.75) is 38.3 Å². The van der Waals surface area contributed by atoms with Crippen LogP contribution in [0.15, 0.2) is 77.8 Å². The van der Waals surface area contributed by atoms with Crippen molar-refractivity contribution in [2.24, 2.45) is 4.99 Å². The van der Waals surface area contributed by atoms with Crippen molar-refractivity contribution in [3.05, 3.63) is 95.1 Å². The normalized spacial score (nSPS) is 13.9. The van der Waals surface area contributed by atoms with E-state index >= 15 is 0 Å². The quantitative estimate of drug-likeness (QED) is 0.360. The molecule has 3 rings (SSSR count). The van der Waals surface area contributed by atoms with Crippen LogP contribution in [0.1, 0.15) is 48.9 Å². The van der Waals surface area contributed by atoms with E-state index in [1.54, 1.807) is 0 Å².